The Bertz CT molecular complexity index is 776. The molecule has 6 nitrogen and oxygen atoms in total. The Kier molecular flexibility index (Phi) is 4.22. The van der Waals surface area contributed by atoms with Crippen LogP contribution < -0.4 is 5.73 Å². The number of amidine groups is 1. The van der Waals surface area contributed by atoms with Crippen LogP contribution in [0.3, 0.4) is 0 Å². The van der Waals surface area contributed by atoms with Crippen molar-refractivity contribution in [2.24, 2.45) is 10.9 Å². The zero-order chi connectivity index (χ0) is 15.6. The molecule has 0 spiro atoms. The van der Waals surface area contributed by atoms with E-state index in [1.54, 1.807) is 26.0 Å². The van der Waals surface area contributed by atoms with Gasteiger partial charge in [0.15, 0.2) is 15.7 Å². The van der Waals surface area contributed by atoms with Gasteiger partial charge in [-0.2, -0.15) is 0 Å². The molecule has 0 atom stereocenters. The number of benzene rings is 1. The van der Waals surface area contributed by atoms with E-state index in [0.29, 0.717) is 12.1 Å². The number of oxime groups is 1. The molecule has 0 saturated heterocycles. The van der Waals surface area contributed by atoms with Crippen LogP contribution in [0.5, 0.6) is 0 Å². The molecular weight excluding hydrogens is 290 g/mol. The number of aryl methyl sites for hydroxylation is 1. The van der Waals surface area contributed by atoms with Crippen LogP contribution in [-0.2, 0) is 16.4 Å². The van der Waals surface area contributed by atoms with E-state index in [1.165, 1.54) is 0 Å². The highest BCUT2D eigenvalue weighted by Gasteiger charge is 2.16. The first-order chi connectivity index (χ1) is 9.85. The van der Waals surface area contributed by atoms with E-state index in [1.807, 2.05) is 22.9 Å². The summed E-state index contributed by atoms with van der Waals surface area (Å²) >= 11 is 0. The van der Waals surface area contributed by atoms with Gasteiger partial charge in [0.05, 0.1) is 11.0 Å². The fraction of sp³-hybridized carbons (Fsp3) is 0.357. The number of fused-ring (bicyclic) bond motifs is 1. The molecule has 0 saturated carbocycles. The molecule has 21 heavy (non-hydrogen) atoms. The van der Waals surface area contributed by atoms with Crippen LogP contribution in [0, 0.1) is 0 Å². The summed E-state index contributed by atoms with van der Waals surface area (Å²) in [7, 11) is -3.06. The fourth-order valence-corrected chi connectivity index (χ4v) is 3.00. The topological polar surface area (TPSA) is 97.7 Å². The fourth-order valence-electron chi connectivity index (χ4n) is 2.07. The standard InChI is InChI=1S/C14H19N3O3S/c1-10(2)21(19,20)8-7-17-6-5-11-9-12(14(15)16-18)3-4-13(11)17/h3-6,9-10,18H,7-8H2,1-2H3,(H2,15,16). The summed E-state index contributed by atoms with van der Waals surface area (Å²) in [5.74, 6) is 0.156. The third-order valence-electron chi connectivity index (χ3n) is 3.51. The van der Waals surface area contributed by atoms with Gasteiger partial charge in [-0.25, -0.2) is 8.42 Å². The lowest BCUT2D eigenvalue weighted by Crippen LogP contribution is -2.20. The van der Waals surface area contributed by atoms with Gasteiger partial charge >= 0.3 is 0 Å². The summed E-state index contributed by atoms with van der Waals surface area (Å²) < 4.78 is 25.6. The molecule has 2 rings (SSSR count). The number of hydrogen-bond acceptors (Lipinski definition) is 4. The van der Waals surface area contributed by atoms with Gasteiger partial charge in [0.25, 0.3) is 0 Å². The summed E-state index contributed by atoms with van der Waals surface area (Å²) in [6.45, 7) is 3.78. The average Bonchev–Trinajstić information content (AvgIpc) is 2.86. The van der Waals surface area contributed by atoms with Gasteiger partial charge < -0.3 is 15.5 Å². The van der Waals surface area contributed by atoms with Gasteiger partial charge in [-0.15, -0.1) is 0 Å². The molecule has 0 fully saturated rings. The highest BCUT2D eigenvalue weighted by atomic mass is 32.2. The van der Waals surface area contributed by atoms with Gasteiger partial charge in [-0.05, 0) is 38.1 Å². The second-order valence-corrected chi connectivity index (χ2v) is 7.86. The van der Waals surface area contributed by atoms with Gasteiger partial charge in [-0.1, -0.05) is 5.16 Å². The van der Waals surface area contributed by atoms with Crippen molar-refractivity contribution in [3.63, 3.8) is 0 Å². The van der Waals surface area contributed by atoms with Crippen molar-refractivity contribution in [3.05, 3.63) is 36.0 Å². The number of hydrogen-bond donors (Lipinski definition) is 2. The number of sulfone groups is 1. The lowest BCUT2D eigenvalue weighted by atomic mass is 10.1. The van der Waals surface area contributed by atoms with Crippen LogP contribution in [0.4, 0.5) is 0 Å². The van der Waals surface area contributed by atoms with E-state index in [9.17, 15) is 8.42 Å². The van der Waals surface area contributed by atoms with E-state index < -0.39 is 9.84 Å². The molecule has 2 aromatic rings. The number of nitrogens with zero attached hydrogens (tertiary/aromatic N) is 2. The Morgan fingerprint density at radius 3 is 2.71 bits per heavy atom. The average molecular weight is 309 g/mol. The predicted octanol–water partition coefficient (Wildman–Crippen LogP) is 1.56. The minimum absolute atomic E-state index is 0.0482. The minimum atomic E-state index is -3.06. The zero-order valence-corrected chi connectivity index (χ0v) is 12.8. The van der Waals surface area contributed by atoms with E-state index in [-0.39, 0.29) is 16.8 Å². The Hall–Kier alpha value is -2.02. The maximum atomic E-state index is 11.9. The van der Waals surface area contributed by atoms with E-state index in [0.717, 1.165) is 10.9 Å². The monoisotopic (exact) mass is 309 g/mol. The van der Waals surface area contributed by atoms with Gasteiger partial charge in [0.1, 0.15) is 0 Å². The maximum Gasteiger partial charge on any atom is 0.170 e. The van der Waals surface area contributed by atoms with Gasteiger partial charge in [-0.3, -0.25) is 0 Å². The van der Waals surface area contributed by atoms with Crippen molar-refractivity contribution in [2.75, 3.05) is 5.75 Å². The van der Waals surface area contributed by atoms with Crippen LogP contribution in [0.15, 0.2) is 35.6 Å². The second kappa shape index (κ2) is 5.77. The van der Waals surface area contributed by atoms with E-state index >= 15 is 0 Å². The lowest BCUT2D eigenvalue weighted by molar-refractivity contribution is 0.318. The number of aromatic nitrogens is 1. The molecule has 3 N–H and O–H groups in total. The molecule has 1 heterocycles. The summed E-state index contributed by atoms with van der Waals surface area (Å²) in [5, 5.41) is 12.2. The Morgan fingerprint density at radius 2 is 2.10 bits per heavy atom. The Labute approximate surface area is 123 Å². The lowest BCUT2D eigenvalue weighted by Gasteiger charge is -2.09. The third kappa shape index (κ3) is 3.18. The van der Waals surface area contributed by atoms with Crippen molar-refractivity contribution in [3.8, 4) is 0 Å². The summed E-state index contributed by atoms with van der Waals surface area (Å²) in [6, 6.07) is 7.26. The molecule has 7 heteroatoms. The number of rotatable bonds is 5. The first-order valence-electron chi connectivity index (χ1n) is 6.63. The maximum absolute atomic E-state index is 11.9. The molecule has 1 aromatic heterocycles. The Balaban J connectivity index is 2.27. The van der Waals surface area contributed by atoms with Crippen molar-refractivity contribution < 1.29 is 13.6 Å². The molecule has 0 amide bonds. The second-order valence-electron chi connectivity index (χ2n) is 5.18. The molecule has 0 unspecified atom stereocenters. The largest absolute Gasteiger partial charge is 0.409 e. The van der Waals surface area contributed by atoms with Crippen LogP contribution in [0.2, 0.25) is 0 Å². The van der Waals surface area contributed by atoms with Crippen molar-refractivity contribution >= 4 is 26.6 Å². The van der Waals surface area contributed by atoms with Crippen molar-refractivity contribution in [2.45, 2.75) is 25.6 Å². The highest BCUT2D eigenvalue weighted by molar-refractivity contribution is 7.91. The molecule has 114 valence electrons. The highest BCUT2D eigenvalue weighted by Crippen LogP contribution is 2.18. The van der Waals surface area contributed by atoms with E-state index in [4.69, 9.17) is 10.9 Å². The molecule has 0 aliphatic rings. The van der Waals surface area contributed by atoms with Crippen molar-refractivity contribution in [1.29, 1.82) is 0 Å². The van der Waals surface area contributed by atoms with Crippen LogP contribution >= 0.6 is 0 Å². The summed E-state index contributed by atoms with van der Waals surface area (Å²) in [6.07, 6.45) is 1.84. The minimum Gasteiger partial charge on any atom is -0.409 e. The first kappa shape index (κ1) is 15.4. The Morgan fingerprint density at radius 1 is 1.38 bits per heavy atom. The smallest absolute Gasteiger partial charge is 0.170 e. The molecular formula is C14H19N3O3S. The number of nitrogens with two attached hydrogens (primary N) is 1. The SMILES string of the molecule is CC(C)S(=O)(=O)CCn1ccc2cc(/C(N)=N/O)ccc21. The van der Waals surface area contributed by atoms with Crippen LogP contribution in [0.25, 0.3) is 10.9 Å². The van der Waals surface area contributed by atoms with Crippen LogP contribution in [-0.4, -0.2) is 35.0 Å². The van der Waals surface area contributed by atoms with Crippen molar-refractivity contribution in [1.82, 2.24) is 4.57 Å². The van der Waals surface area contributed by atoms with Gasteiger partial charge in [0, 0.05) is 29.2 Å². The molecule has 1 aromatic carbocycles. The first-order valence-corrected chi connectivity index (χ1v) is 8.35. The normalized spacial score (nSPS) is 13.2. The quantitative estimate of drug-likeness (QED) is 0.379. The molecule has 0 bridgehead atoms. The molecule has 0 aliphatic heterocycles. The zero-order valence-electron chi connectivity index (χ0n) is 12.0. The van der Waals surface area contributed by atoms with Gasteiger partial charge in [0.2, 0.25) is 0 Å². The van der Waals surface area contributed by atoms with Crippen LogP contribution in [0.1, 0.15) is 19.4 Å². The summed E-state index contributed by atoms with van der Waals surface area (Å²) in [5.41, 5.74) is 7.10. The summed E-state index contributed by atoms with van der Waals surface area (Å²) in [4.78, 5) is 0. The molecule has 0 radical (unpaired) electrons. The molecule has 0 aliphatic carbocycles. The third-order valence-corrected chi connectivity index (χ3v) is 5.70. The predicted molar refractivity (Wildman–Crippen MR) is 83.4 cm³/mol. The van der Waals surface area contributed by atoms with E-state index in [2.05, 4.69) is 5.16 Å².